The van der Waals surface area contributed by atoms with E-state index < -0.39 is 0 Å². The molecule has 0 aromatic carbocycles. The average Bonchev–Trinajstić information content (AvgIpc) is 2.51. The maximum Gasteiger partial charge on any atom is 0.138 e. The van der Waals surface area contributed by atoms with Crippen LogP contribution in [-0.2, 0) is 13.0 Å². The summed E-state index contributed by atoms with van der Waals surface area (Å²) < 4.78 is 1.89. The van der Waals surface area contributed by atoms with Crippen molar-refractivity contribution in [1.29, 1.82) is 0 Å². The van der Waals surface area contributed by atoms with Crippen molar-refractivity contribution in [3.8, 4) is 0 Å². The Morgan fingerprint density at radius 2 is 2.23 bits per heavy atom. The van der Waals surface area contributed by atoms with Gasteiger partial charge in [0.1, 0.15) is 12.2 Å². The van der Waals surface area contributed by atoms with Crippen LogP contribution in [0.2, 0.25) is 0 Å². The zero-order valence-electron chi connectivity index (χ0n) is 8.57. The zero-order valence-corrected chi connectivity index (χ0v) is 8.57. The van der Waals surface area contributed by atoms with Gasteiger partial charge in [-0.05, 0) is 12.8 Å². The van der Waals surface area contributed by atoms with E-state index in [1.54, 1.807) is 6.33 Å². The minimum atomic E-state index is 0.175. The van der Waals surface area contributed by atoms with Crippen LogP contribution < -0.4 is 5.73 Å². The summed E-state index contributed by atoms with van der Waals surface area (Å²) in [5.74, 6) is 1.48. The first kappa shape index (κ1) is 10.2. The first-order valence-electron chi connectivity index (χ1n) is 4.77. The normalized spacial score (nSPS) is 13.6. The van der Waals surface area contributed by atoms with Gasteiger partial charge in [-0.2, -0.15) is 5.10 Å². The predicted octanol–water partition coefficient (Wildman–Crippen LogP) is 0.824. The van der Waals surface area contributed by atoms with Gasteiger partial charge < -0.3 is 5.73 Å². The van der Waals surface area contributed by atoms with Crippen molar-refractivity contribution in [1.82, 2.24) is 14.8 Å². The number of hydrogen-bond donors (Lipinski definition) is 1. The topological polar surface area (TPSA) is 56.7 Å². The molecule has 1 aromatic rings. The molecule has 0 bridgehead atoms. The monoisotopic (exact) mass is 182 g/mol. The van der Waals surface area contributed by atoms with Crippen LogP contribution in [0.4, 0.5) is 0 Å². The molecule has 1 rings (SSSR count). The summed E-state index contributed by atoms with van der Waals surface area (Å²) in [5.41, 5.74) is 5.95. The second-order valence-corrected chi connectivity index (χ2v) is 3.60. The first-order chi connectivity index (χ1) is 6.15. The Morgan fingerprint density at radius 3 is 2.77 bits per heavy atom. The summed E-state index contributed by atoms with van der Waals surface area (Å²) in [7, 11) is 0. The minimum Gasteiger partial charge on any atom is -0.327 e. The molecule has 0 aliphatic heterocycles. The van der Waals surface area contributed by atoms with Gasteiger partial charge in [-0.3, -0.25) is 4.68 Å². The fraction of sp³-hybridized carbons (Fsp3) is 0.778. The highest BCUT2D eigenvalue weighted by molar-refractivity contribution is 4.89. The van der Waals surface area contributed by atoms with Crippen LogP contribution >= 0.6 is 0 Å². The van der Waals surface area contributed by atoms with Crippen molar-refractivity contribution in [3.05, 3.63) is 12.2 Å². The highest BCUT2D eigenvalue weighted by atomic mass is 15.3. The summed E-state index contributed by atoms with van der Waals surface area (Å²) in [5, 5.41) is 4.10. The molecule has 1 unspecified atom stereocenters. The number of nitrogens with zero attached hydrogens (tertiary/aromatic N) is 3. The van der Waals surface area contributed by atoms with Gasteiger partial charge in [0.2, 0.25) is 0 Å². The number of nitrogens with two attached hydrogens (primary N) is 1. The zero-order chi connectivity index (χ0) is 9.84. The molecule has 0 aliphatic rings. The Morgan fingerprint density at radius 1 is 1.54 bits per heavy atom. The number of aryl methyl sites for hydroxylation is 1. The van der Waals surface area contributed by atoms with Gasteiger partial charge in [0.25, 0.3) is 0 Å². The lowest BCUT2D eigenvalue weighted by molar-refractivity contribution is 0.466. The van der Waals surface area contributed by atoms with Gasteiger partial charge >= 0.3 is 0 Å². The smallest absolute Gasteiger partial charge is 0.138 e. The van der Waals surface area contributed by atoms with Crippen LogP contribution in [0.3, 0.4) is 0 Å². The van der Waals surface area contributed by atoms with E-state index in [1.165, 1.54) is 0 Å². The number of hydrogen-bond acceptors (Lipinski definition) is 3. The van der Waals surface area contributed by atoms with E-state index >= 15 is 0 Å². The summed E-state index contributed by atoms with van der Waals surface area (Å²) in [6.07, 6.45) is 2.40. The lowest BCUT2D eigenvalue weighted by Crippen LogP contribution is -2.30. The molecule has 4 heteroatoms. The Kier molecular flexibility index (Phi) is 3.42. The number of aromatic nitrogens is 3. The maximum atomic E-state index is 5.95. The summed E-state index contributed by atoms with van der Waals surface area (Å²) in [4.78, 5) is 4.18. The van der Waals surface area contributed by atoms with Crippen LogP contribution in [0.1, 0.15) is 26.6 Å². The minimum absolute atomic E-state index is 0.175. The highest BCUT2D eigenvalue weighted by Gasteiger charge is 2.12. The third kappa shape index (κ3) is 2.52. The molecule has 0 radical (unpaired) electrons. The lowest BCUT2D eigenvalue weighted by atomic mass is 10.0. The number of rotatable bonds is 4. The van der Waals surface area contributed by atoms with Crippen LogP contribution in [0.5, 0.6) is 0 Å². The van der Waals surface area contributed by atoms with Crippen molar-refractivity contribution in [2.24, 2.45) is 11.7 Å². The van der Waals surface area contributed by atoms with Crippen molar-refractivity contribution in [3.63, 3.8) is 0 Å². The molecular formula is C9H18N4. The maximum absolute atomic E-state index is 5.95. The third-order valence-electron chi connectivity index (χ3n) is 2.27. The molecule has 0 saturated heterocycles. The molecule has 2 N–H and O–H groups in total. The van der Waals surface area contributed by atoms with Gasteiger partial charge in [0, 0.05) is 19.0 Å². The summed E-state index contributed by atoms with van der Waals surface area (Å²) in [6.45, 7) is 7.16. The Bertz CT molecular complexity index is 254. The molecule has 13 heavy (non-hydrogen) atoms. The van der Waals surface area contributed by atoms with Gasteiger partial charge in [-0.15, -0.1) is 0 Å². The van der Waals surface area contributed by atoms with E-state index in [0.717, 1.165) is 18.8 Å². The second kappa shape index (κ2) is 4.37. The Hall–Kier alpha value is -0.900. The van der Waals surface area contributed by atoms with Crippen molar-refractivity contribution < 1.29 is 0 Å². The summed E-state index contributed by atoms with van der Waals surface area (Å²) in [6, 6.07) is 0.175. The largest absolute Gasteiger partial charge is 0.327 e. The van der Waals surface area contributed by atoms with Gasteiger partial charge in [0.15, 0.2) is 0 Å². The van der Waals surface area contributed by atoms with E-state index in [0.29, 0.717) is 5.92 Å². The lowest BCUT2D eigenvalue weighted by Gasteiger charge is -2.14. The molecule has 0 amide bonds. The highest BCUT2D eigenvalue weighted by Crippen LogP contribution is 2.05. The molecule has 0 saturated carbocycles. The van der Waals surface area contributed by atoms with E-state index in [9.17, 15) is 0 Å². The van der Waals surface area contributed by atoms with Crippen molar-refractivity contribution in [2.45, 2.75) is 39.8 Å². The Labute approximate surface area is 79.2 Å². The fourth-order valence-electron chi connectivity index (χ4n) is 1.16. The SMILES string of the molecule is CCn1ncnc1CC(N)C(C)C. The van der Waals surface area contributed by atoms with E-state index in [4.69, 9.17) is 5.73 Å². The predicted molar refractivity (Wildman–Crippen MR) is 52.2 cm³/mol. The van der Waals surface area contributed by atoms with Gasteiger partial charge in [-0.25, -0.2) is 4.98 Å². The molecule has 0 aliphatic carbocycles. The van der Waals surface area contributed by atoms with Crippen molar-refractivity contribution in [2.75, 3.05) is 0 Å². The first-order valence-corrected chi connectivity index (χ1v) is 4.77. The fourth-order valence-corrected chi connectivity index (χ4v) is 1.16. The van der Waals surface area contributed by atoms with E-state index in [-0.39, 0.29) is 6.04 Å². The molecule has 0 fully saturated rings. The molecule has 1 atom stereocenters. The van der Waals surface area contributed by atoms with Gasteiger partial charge in [0.05, 0.1) is 0 Å². The molecule has 74 valence electrons. The standard InChI is InChI=1S/C9H18N4/c1-4-13-9(11-6-12-13)5-8(10)7(2)3/h6-8H,4-5,10H2,1-3H3. The Balaban J connectivity index is 2.62. The molecular weight excluding hydrogens is 164 g/mol. The third-order valence-corrected chi connectivity index (χ3v) is 2.27. The molecule has 4 nitrogen and oxygen atoms in total. The molecule has 0 spiro atoms. The quantitative estimate of drug-likeness (QED) is 0.750. The van der Waals surface area contributed by atoms with Crippen LogP contribution in [0.15, 0.2) is 6.33 Å². The van der Waals surface area contributed by atoms with E-state index in [1.807, 2.05) is 4.68 Å². The average molecular weight is 182 g/mol. The van der Waals surface area contributed by atoms with E-state index in [2.05, 4.69) is 30.9 Å². The summed E-state index contributed by atoms with van der Waals surface area (Å²) >= 11 is 0. The molecule has 1 heterocycles. The van der Waals surface area contributed by atoms with Crippen LogP contribution in [0, 0.1) is 5.92 Å². The van der Waals surface area contributed by atoms with Crippen LogP contribution in [-0.4, -0.2) is 20.8 Å². The van der Waals surface area contributed by atoms with Crippen LogP contribution in [0.25, 0.3) is 0 Å². The second-order valence-electron chi connectivity index (χ2n) is 3.60. The van der Waals surface area contributed by atoms with Gasteiger partial charge in [-0.1, -0.05) is 13.8 Å². The van der Waals surface area contributed by atoms with Crippen molar-refractivity contribution >= 4 is 0 Å². The molecule has 1 aromatic heterocycles.